The van der Waals surface area contributed by atoms with E-state index in [2.05, 4.69) is 10.4 Å². The second-order valence-corrected chi connectivity index (χ2v) is 4.31. The number of nitro benzene ring substituents is 1. The van der Waals surface area contributed by atoms with Crippen LogP contribution in [0.3, 0.4) is 0 Å². The second-order valence-electron chi connectivity index (χ2n) is 4.31. The Labute approximate surface area is 124 Å². The first-order chi connectivity index (χ1) is 10.5. The van der Waals surface area contributed by atoms with Gasteiger partial charge in [0.15, 0.2) is 11.6 Å². The Morgan fingerprint density at radius 2 is 2.23 bits per heavy atom. The third-order valence-corrected chi connectivity index (χ3v) is 2.69. The number of halogens is 2. The first kappa shape index (κ1) is 15.7. The smallest absolute Gasteiger partial charge is 0.311 e. The van der Waals surface area contributed by atoms with Gasteiger partial charge in [0.25, 0.3) is 6.43 Å². The molecule has 0 atom stereocenters. The number of aromatic nitrogens is 2. The third kappa shape index (κ3) is 3.90. The molecule has 7 nitrogen and oxygen atoms in total. The number of ether oxygens (including phenoxy) is 1. The van der Waals surface area contributed by atoms with Gasteiger partial charge in [0.2, 0.25) is 0 Å². The van der Waals surface area contributed by atoms with Gasteiger partial charge in [-0.05, 0) is 13.0 Å². The fourth-order valence-electron chi connectivity index (χ4n) is 1.83. The van der Waals surface area contributed by atoms with Gasteiger partial charge in [-0.25, -0.2) is 8.78 Å². The fraction of sp³-hybridized carbons (Fsp3) is 0.308. The lowest BCUT2D eigenvalue weighted by Gasteiger charge is -2.08. The van der Waals surface area contributed by atoms with Crippen molar-refractivity contribution in [1.29, 1.82) is 0 Å². The predicted molar refractivity (Wildman–Crippen MR) is 75.8 cm³/mol. The number of nitro groups is 1. The molecule has 0 radical (unpaired) electrons. The highest BCUT2D eigenvalue weighted by Gasteiger charge is 2.15. The van der Waals surface area contributed by atoms with Crippen molar-refractivity contribution in [3.8, 4) is 5.75 Å². The van der Waals surface area contributed by atoms with E-state index >= 15 is 0 Å². The topological polar surface area (TPSA) is 82.2 Å². The van der Waals surface area contributed by atoms with Gasteiger partial charge in [-0.15, -0.1) is 0 Å². The third-order valence-electron chi connectivity index (χ3n) is 2.69. The van der Waals surface area contributed by atoms with Crippen molar-refractivity contribution >= 4 is 17.2 Å². The molecule has 0 saturated heterocycles. The number of alkyl halides is 2. The van der Waals surface area contributed by atoms with Crippen molar-refractivity contribution in [2.75, 3.05) is 11.9 Å². The van der Waals surface area contributed by atoms with Crippen LogP contribution in [0.25, 0.3) is 0 Å². The average molecular weight is 312 g/mol. The lowest BCUT2D eigenvalue weighted by Crippen LogP contribution is -2.07. The van der Waals surface area contributed by atoms with E-state index < -0.39 is 17.9 Å². The highest BCUT2D eigenvalue weighted by atomic mass is 19.3. The molecule has 0 spiro atoms. The molecule has 0 amide bonds. The molecule has 0 bridgehead atoms. The zero-order valence-electron chi connectivity index (χ0n) is 11.7. The summed E-state index contributed by atoms with van der Waals surface area (Å²) in [4.78, 5) is 10.4. The van der Waals surface area contributed by atoms with Crippen molar-refractivity contribution in [2.24, 2.45) is 0 Å². The predicted octanol–water partition coefficient (Wildman–Crippen LogP) is 3.20. The van der Waals surface area contributed by atoms with E-state index in [4.69, 9.17) is 4.74 Å². The zero-order valence-corrected chi connectivity index (χ0v) is 11.7. The number of benzene rings is 1. The second kappa shape index (κ2) is 6.83. The summed E-state index contributed by atoms with van der Waals surface area (Å²) in [7, 11) is 0. The molecule has 0 aliphatic carbocycles. The van der Waals surface area contributed by atoms with E-state index in [9.17, 15) is 18.9 Å². The molecule has 0 unspecified atom stereocenters. The van der Waals surface area contributed by atoms with Gasteiger partial charge in [0, 0.05) is 30.1 Å². The maximum atomic E-state index is 12.3. The SMILES string of the molecule is CCOc1cc(Nc2ccn(CC(F)F)n2)ccc1[N+](=O)[O-]. The minimum Gasteiger partial charge on any atom is -0.487 e. The molecule has 0 saturated carbocycles. The maximum Gasteiger partial charge on any atom is 0.311 e. The molecule has 9 heteroatoms. The standard InChI is InChI=1S/C13H14F2N4O3/c1-2-22-11-7-9(3-4-10(11)19(20)21)16-13-5-6-18(17-13)8-12(14)15/h3-7,12H,2,8H2,1H3,(H,16,17). The fourth-order valence-corrected chi connectivity index (χ4v) is 1.83. The summed E-state index contributed by atoms with van der Waals surface area (Å²) in [5, 5.41) is 17.7. The highest BCUT2D eigenvalue weighted by Crippen LogP contribution is 2.31. The zero-order chi connectivity index (χ0) is 16.1. The number of anilines is 2. The minimum atomic E-state index is -2.49. The van der Waals surface area contributed by atoms with Crippen LogP contribution in [0.15, 0.2) is 30.5 Å². The molecule has 2 aromatic rings. The van der Waals surface area contributed by atoms with Crippen LogP contribution < -0.4 is 10.1 Å². The quantitative estimate of drug-likeness (QED) is 0.627. The Hall–Kier alpha value is -2.71. The molecule has 0 aliphatic heterocycles. The molecule has 1 aromatic heterocycles. The number of nitrogens with zero attached hydrogens (tertiary/aromatic N) is 3. The first-order valence-corrected chi connectivity index (χ1v) is 6.49. The van der Waals surface area contributed by atoms with Crippen molar-refractivity contribution in [2.45, 2.75) is 19.9 Å². The van der Waals surface area contributed by atoms with E-state index in [1.807, 2.05) is 0 Å². The Balaban J connectivity index is 2.17. The number of nitrogens with one attached hydrogen (secondary N) is 1. The van der Waals surface area contributed by atoms with Crippen LogP contribution in [0.2, 0.25) is 0 Å². The molecule has 0 fully saturated rings. The van der Waals surface area contributed by atoms with Crippen LogP contribution in [0, 0.1) is 10.1 Å². The normalized spacial score (nSPS) is 10.7. The van der Waals surface area contributed by atoms with Gasteiger partial charge >= 0.3 is 5.69 Å². The summed E-state index contributed by atoms with van der Waals surface area (Å²) in [5.41, 5.74) is 0.368. The summed E-state index contributed by atoms with van der Waals surface area (Å²) in [6.45, 7) is 1.51. The Morgan fingerprint density at radius 3 is 2.86 bits per heavy atom. The molecule has 22 heavy (non-hydrogen) atoms. The molecular formula is C13H14F2N4O3. The molecule has 0 aliphatic rings. The summed E-state index contributed by atoms with van der Waals surface area (Å²) < 4.78 is 30.8. The van der Waals surface area contributed by atoms with Gasteiger partial charge in [0.05, 0.1) is 11.5 Å². The lowest BCUT2D eigenvalue weighted by molar-refractivity contribution is -0.385. The summed E-state index contributed by atoms with van der Waals surface area (Å²) in [6, 6.07) is 5.80. The molecule has 2 rings (SSSR count). The maximum absolute atomic E-state index is 12.3. The van der Waals surface area contributed by atoms with E-state index in [1.165, 1.54) is 30.5 Å². The van der Waals surface area contributed by atoms with E-state index in [1.54, 1.807) is 6.92 Å². The Bertz CT molecular complexity index is 660. The average Bonchev–Trinajstić information content (AvgIpc) is 2.85. The summed E-state index contributed by atoms with van der Waals surface area (Å²) >= 11 is 0. The first-order valence-electron chi connectivity index (χ1n) is 6.49. The van der Waals surface area contributed by atoms with Crippen LogP contribution in [0.1, 0.15) is 6.92 Å². The minimum absolute atomic E-state index is 0.129. The lowest BCUT2D eigenvalue weighted by atomic mass is 10.2. The van der Waals surface area contributed by atoms with Gasteiger partial charge in [-0.1, -0.05) is 0 Å². The Morgan fingerprint density at radius 1 is 1.45 bits per heavy atom. The van der Waals surface area contributed by atoms with Crippen LogP contribution in [-0.2, 0) is 6.54 Å². The van der Waals surface area contributed by atoms with E-state index in [0.717, 1.165) is 4.68 Å². The molecular weight excluding hydrogens is 298 g/mol. The van der Waals surface area contributed by atoms with Crippen molar-refractivity contribution in [3.05, 3.63) is 40.6 Å². The molecule has 1 heterocycles. The molecule has 118 valence electrons. The van der Waals surface area contributed by atoms with Crippen LogP contribution in [0.5, 0.6) is 5.75 Å². The highest BCUT2D eigenvalue weighted by molar-refractivity contribution is 5.63. The number of hydrogen-bond donors (Lipinski definition) is 1. The Kier molecular flexibility index (Phi) is 4.87. The van der Waals surface area contributed by atoms with Crippen molar-refractivity contribution in [3.63, 3.8) is 0 Å². The largest absolute Gasteiger partial charge is 0.487 e. The van der Waals surface area contributed by atoms with E-state index in [-0.39, 0.29) is 18.0 Å². The molecule has 1 N–H and O–H groups in total. The summed E-state index contributed by atoms with van der Waals surface area (Å²) in [6.07, 6.45) is -1.07. The van der Waals surface area contributed by atoms with Gasteiger partial charge in [0.1, 0.15) is 6.54 Å². The van der Waals surface area contributed by atoms with Gasteiger partial charge < -0.3 is 10.1 Å². The van der Waals surface area contributed by atoms with Crippen LogP contribution >= 0.6 is 0 Å². The van der Waals surface area contributed by atoms with Crippen molar-refractivity contribution in [1.82, 2.24) is 9.78 Å². The number of rotatable bonds is 7. The van der Waals surface area contributed by atoms with Crippen LogP contribution in [0.4, 0.5) is 26.0 Å². The van der Waals surface area contributed by atoms with E-state index in [0.29, 0.717) is 11.5 Å². The summed E-state index contributed by atoms with van der Waals surface area (Å²) in [5.74, 6) is 0.487. The monoisotopic (exact) mass is 312 g/mol. The van der Waals surface area contributed by atoms with Crippen LogP contribution in [-0.4, -0.2) is 27.7 Å². The van der Waals surface area contributed by atoms with Gasteiger partial charge in [-0.2, -0.15) is 5.10 Å². The van der Waals surface area contributed by atoms with Crippen molar-refractivity contribution < 1.29 is 18.4 Å². The molecule has 1 aromatic carbocycles. The number of hydrogen-bond acceptors (Lipinski definition) is 5. The van der Waals surface area contributed by atoms with Gasteiger partial charge in [-0.3, -0.25) is 14.8 Å².